The van der Waals surface area contributed by atoms with Gasteiger partial charge in [0.05, 0.1) is 5.54 Å². The molecule has 2 atom stereocenters. The second kappa shape index (κ2) is 6.19. The van der Waals surface area contributed by atoms with Crippen molar-refractivity contribution in [1.29, 1.82) is 0 Å². The molecule has 0 radical (unpaired) electrons. The van der Waals surface area contributed by atoms with Crippen molar-refractivity contribution in [2.75, 3.05) is 14.1 Å². The van der Waals surface area contributed by atoms with Gasteiger partial charge >= 0.3 is 0 Å². The Balaban J connectivity index is 2.04. The van der Waals surface area contributed by atoms with Gasteiger partial charge in [0.25, 0.3) is 0 Å². The molecular formula is C16H25NOS. The number of ketones is 1. The minimum Gasteiger partial charge on any atom is -0.298 e. The SMILES string of the molecule is CC1CCCC(C(=O)CCc2cccs2)(N(C)C)C1. The molecular weight excluding hydrogens is 254 g/mol. The van der Waals surface area contributed by atoms with Crippen molar-refractivity contribution in [2.24, 2.45) is 5.92 Å². The summed E-state index contributed by atoms with van der Waals surface area (Å²) < 4.78 is 0. The summed E-state index contributed by atoms with van der Waals surface area (Å²) in [5, 5.41) is 2.09. The van der Waals surface area contributed by atoms with Gasteiger partial charge in [0.15, 0.2) is 5.78 Å². The second-order valence-electron chi connectivity index (χ2n) is 6.13. The predicted molar refractivity (Wildman–Crippen MR) is 81.7 cm³/mol. The summed E-state index contributed by atoms with van der Waals surface area (Å²) in [6, 6.07) is 4.19. The van der Waals surface area contributed by atoms with Crippen molar-refractivity contribution in [2.45, 2.75) is 51.0 Å². The van der Waals surface area contributed by atoms with E-state index in [1.807, 2.05) is 0 Å². The monoisotopic (exact) mass is 279 g/mol. The fourth-order valence-corrected chi connectivity index (χ4v) is 4.07. The molecule has 0 aromatic carbocycles. The van der Waals surface area contributed by atoms with Gasteiger partial charge in [-0.25, -0.2) is 0 Å². The Morgan fingerprint density at radius 3 is 2.89 bits per heavy atom. The molecule has 0 aliphatic heterocycles. The van der Waals surface area contributed by atoms with Crippen LogP contribution in [0.5, 0.6) is 0 Å². The number of hydrogen-bond donors (Lipinski definition) is 0. The van der Waals surface area contributed by atoms with E-state index in [4.69, 9.17) is 0 Å². The second-order valence-corrected chi connectivity index (χ2v) is 7.16. The first-order valence-electron chi connectivity index (χ1n) is 7.28. The Kier molecular flexibility index (Phi) is 4.80. The highest BCUT2D eigenvalue weighted by Gasteiger charge is 2.42. The lowest BCUT2D eigenvalue weighted by Crippen LogP contribution is -2.53. The Morgan fingerprint density at radius 1 is 1.53 bits per heavy atom. The minimum absolute atomic E-state index is 0.199. The summed E-state index contributed by atoms with van der Waals surface area (Å²) in [4.78, 5) is 16.3. The molecule has 1 saturated carbocycles. The fourth-order valence-electron chi connectivity index (χ4n) is 3.36. The maximum absolute atomic E-state index is 12.8. The maximum atomic E-state index is 12.8. The number of nitrogens with zero attached hydrogens (tertiary/aromatic N) is 1. The lowest BCUT2D eigenvalue weighted by atomic mass is 9.72. The zero-order chi connectivity index (χ0) is 13.9. The van der Waals surface area contributed by atoms with Crippen LogP contribution >= 0.6 is 11.3 Å². The maximum Gasteiger partial charge on any atom is 0.153 e. The highest BCUT2D eigenvalue weighted by molar-refractivity contribution is 7.09. The molecule has 1 aliphatic rings. The van der Waals surface area contributed by atoms with Crippen molar-refractivity contribution in [3.05, 3.63) is 22.4 Å². The largest absolute Gasteiger partial charge is 0.298 e. The van der Waals surface area contributed by atoms with Crippen LogP contribution in [0.1, 0.15) is 43.9 Å². The first kappa shape index (κ1) is 14.7. The average Bonchev–Trinajstić information content (AvgIpc) is 2.88. The molecule has 1 aliphatic carbocycles. The predicted octanol–water partition coefficient (Wildman–Crippen LogP) is 3.76. The van der Waals surface area contributed by atoms with E-state index in [0.717, 1.165) is 19.3 Å². The molecule has 2 unspecified atom stereocenters. The van der Waals surface area contributed by atoms with E-state index >= 15 is 0 Å². The molecule has 3 heteroatoms. The summed E-state index contributed by atoms with van der Waals surface area (Å²) in [7, 11) is 4.14. The van der Waals surface area contributed by atoms with Gasteiger partial charge < -0.3 is 0 Å². The summed E-state index contributed by atoms with van der Waals surface area (Å²) in [5.41, 5.74) is -0.199. The van der Waals surface area contributed by atoms with Crippen molar-refractivity contribution in [3.63, 3.8) is 0 Å². The van der Waals surface area contributed by atoms with Crippen molar-refractivity contribution < 1.29 is 4.79 Å². The van der Waals surface area contributed by atoms with Crippen LogP contribution in [-0.4, -0.2) is 30.3 Å². The van der Waals surface area contributed by atoms with Crippen LogP contribution in [0.2, 0.25) is 0 Å². The topological polar surface area (TPSA) is 20.3 Å². The molecule has 19 heavy (non-hydrogen) atoms. The van der Waals surface area contributed by atoms with E-state index in [2.05, 4.69) is 43.4 Å². The van der Waals surface area contributed by atoms with Crippen molar-refractivity contribution in [1.82, 2.24) is 4.90 Å². The van der Waals surface area contributed by atoms with Crippen molar-refractivity contribution >= 4 is 17.1 Å². The fraction of sp³-hybridized carbons (Fsp3) is 0.688. The number of thiophene rings is 1. The van der Waals surface area contributed by atoms with Gasteiger partial charge in [0.2, 0.25) is 0 Å². The highest BCUT2D eigenvalue weighted by Crippen LogP contribution is 2.37. The van der Waals surface area contributed by atoms with Crippen LogP contribution < -0.4 is 0 Å². The Hall–Kier alpha value is -0.670. The van der Waals surface area contributed by atoms with Crippen LogP contribution in [0.15, 0.2) is 17.5 Å². The molecule has 2 nitrogen and oxygen atoms in total. The van der Waals surface area contributed by atoms with E-state index in [0.29, 0.717) is 18.1 Å². The van der Waals surface area contributed by atoms with Crippen LogP contribution in [0.3, 0.4) is 0 Å². The van der Waals surface area contributed by atoms with Gasteiger partial charge in [0.1, 0.15) is 0 Å². The van der Waals surface area contributed by atoms with E-state index in [1.165, 1.54) is 17.7 Å². The third-order valence-corrected chi connectivity index (χ3v) is 5.46. The first-order valence-corrected chi connectivity index (χ1v) is 8.16. The highest BCUT2D eigenvalue weighted by atomic mass is 32.1. The standard InChI is InChI=1S/C16H25NOS/c1-13-6-4-10-16(12-13,17(2)3)15(18)9-8-14-7-5-11-19-14/h5,7,11,13H,4,6,8-10,12H2,1-3H3. The average molecular weight is 279 g/mol. The molecule has 0 bridgehead atoms. The smallest absolute Gasteiger partial charge is 0.153 e. The summed E-state index contributed by atoms with van der Waals surface area (Å²) >= 11 is 1.75. The number of carbonyl (C=O) groups excluding carboxylic acids is 1. The summed E-state index contributed by atoms with van der Waals surface area (Å²) in [6.45, 7) is 2.28. The number of carbonyl (C=O) groups is 1. The van der Waals surface area contributed by atoms with Gasteiger partial charge in [-0.1, -0.05) is 25.8 Å². The molecule has 1 aromatic heterocycles. The summed E-state index contributed by atoms with van der Waals surface area (Å²) in [6.07, 6.45) is 6.11. The zero-order valence-electron chi connectivity index (χ0n) is 12.3. The Morgan fingerprint density at radius 2 is 2.32 bits per heavy atom. The molecule has 1 heterocycles. The Bertz CT molecular complexity index is 412. The minimum atomic E-state index is -0.199. The van der Waals surface area contributed by atoms with Gasteiger partial charge in [-0.05, 0) is 50.7 Å². The number of Topliss-reactive ketones (excluding diaryl/α,β-unsaturated/α-hetero) is 1. The van der Waals surface area contributed by atoms with E-state index in [1.54, 1.807) is 11.3 Å². The number of hydrogen-bond acceptors (Lipinski definition) is 3. The molecule has 0 spiro atoms. The molecule has 0 amide bonds. The lowest BCUT2D eigenvalue weighted by Gasteiger charge is -2.44. The Labute approximate surface area is 120 Å². The molecule has 0 saturated heterocycles. The molecule has 106 valence electrons. The van der Waals surface area contributed by atoms with Gasteiger partial charge in [-0.15, -0.1) is 11.3 Å². The molecule has 0 N–H and O–H groups in total. The molecule has 1 fully saturated rings. The molecule has 1 aromatic rings. The van der Waals surface area contributed by atoms with E-state index in [9.17, 15) is 4.79 Å². The van der Waals surface area contributed by atoms with E-state index < -0.39 is 0 Å². The van der Waals surface area contributed by atoms with Crippen LogP contribution in [0.4, 0.5) is 0 Å². The van der Waals surface area contributed by atoms with Gasteiger partial charge in [-0.3, -0.25) is 9.69 Å². The van der Waals surface area contributed by atoms with Crippen LogP contribution in [0.25, 0.3) is 0 Å². The van der Waals surface area contributed by atoms with Crippen LogP contribution in [0, 0.1) is 5.92 Å². The van der Waals surface area contributed by atoms with Gasteiger partial charge in [0, 0.05) is 11.3 Å². The number of likely N-dealkylation sites (N-methyl/N-ethyl adjacent to an activating group) is 1. The molecule has 2 rings (SSSR count). The van der Waals surface area contributed by atoms with Crippen LogP contribution in [-0.2, 0) is 11.2 Å². The zero-order valence-corrected chi connectivity index (χ0v) is 13.1. The third kappa shape index (κ3) is 3.26. The summed E-state index contributed by atoms with van der Waals surface area (Å²) in [5.74, 6) is 1.11. The van der Waals surface area contributed by atoms with Gasteiger partial charge in [-0.2, -0.15) is 0 Å². The third-order valence-electron chi connectivity index (χ3n) is 4.53. The van der Waals surface area contributed by atoms with E-state index in [-0.39, 0.29) is 5.54 Å². The quantitative estimate of drug-likeness (QED) is 0.818. The van der Waals surface area contributed by atoms with Crippen molar-refractivity contribution in [3.8, 4) is 0 Å². The first-order chi connectivity index (χ1) is 9.04. The normalized spacial score (nSPS) is 27.7. The number of rotatable bonds is 5. The number of aryl methyl sites for hydroxylation is 1. The lowest BCUT2D eigenvalue weighted by molar-refractivity contribution is -0.132.